The highest BCUT2D eigenvalue weighted by molar-refractivity contribution is 9.10. The average molecular weight is 359 g/mol. The summed E-state index contributed by atoms with van der Waals surface area (Å²) >= 11 is 3.32. The maximum atomic E-state index is 12.2. The molecule has 1 fully saturated rings. The quantitative estimate of drug-likeness (QED) is 0.791. The minimum atomic E-state index is -0.512. The summed E-state index contributed by atoms with van der Waals surface area (Å²) in [6, 6.07) is 0.436. The molecule has 1 saturated heterocycles. The molecule has 8 heteroatoms. The zero-order valence-corrected chi connectivity index (χ0v) is 13.7. The molecule has 2 atom stereocenters. The Morgan fingerprint density at radius 2 is 2.33 bits per heavy atom. The van der Waals surface area contributed by atoms with Crippen molar-refractivity contribution in [3.63, 3.8) is 0 Å². The number of piperidine rings is 1. The smallest absolute Gasteiger partial charge is 0.327 e. The second kappa shape index (κ2) is 6.57. The summed E-state index contributed by atoms with van der Waals surface area (Å²) in [5, 5.41) is 4.06. The fourth-order valence-electron chi connectivity index (χ4n) is 2.52. The molecule has 2 unspecified atom stereocenters. The monoisotopic (exact) mass is 358 g/mol. The van der Waals surface area contributed by atoms with E-state index in [0.29, 0.717) is 4.47 Å². The van der Waals surface area contributed by atoms with E-state index >= 15 is 0 Å². The Hall–Kier alpha value is -1.41. The summed E-state index contributed by atoms with van der Waals surface area (Å²) in [5.74, 6) is -0.512. The number of hydrogen-bond donors (Lipinski definition) is 1. The fourth-order valence-corrected chi connectivity index (χ4v) is 3.06. The number of nitrogens with two attached hydrogens (primary N) is 1. The van der Waals surface area contributed by atoms with Gasteiger partial charge in [0.05, 0.1) is 19.0 Å². The van der Waals surface area contributed by atoms with Crippen LogP contribution in [0.25, 0.3) is 0 Å². The largest absolute Gasteiger partial charge is 0.468 e. The molecule has 7 nitrogen and oxygen atoms in total. The molecule has 0 aromatic carbocycles. The molecule has 0 bridgehead atoms. The van der Waals surface area contributed by atoms with E-state index in [2.05, 4.69) is 37.6 Å². The first kappa shape index (κ1) is 16.0. The van der Waals surface area contributed by atoms with Crippen LogP contribution in [0.2, 0.25) is 0 Å². The van der Waals surface area contributed by atoms with Gasteiger partial charge in [-0.05, 0) is 35.7 Å². The van der Waals surface area contributed by atoms with Gasteiger partial charge in [0, 0.05) is 18.6 Å². The standard InChI is InChI=1S/C13H19BrN4O3/c1-8-5-9(15)3-4-17(8)10-6-16-18(7-11(19)21-2)13(20)12(10)14/h6,8-9H,3-5,7,15H2,1-2H3. The Balaban J connectivity index is 2.28. The molecule has 0 amide bonds. The van der Waals surface area contributed by atoms with Crippen LogP contribution >= 0.6 is 15.9 Å². The van der Waals surface area contributed by atoms with Crippen LogP contribution in [0.4, 0.5) is 5.69 Å². The van der Waals surface area contributed by atoms with Gasteiger partial charge in [-0.3, -0.25) is 9.59 Å². The van der Waals surface area contributed by atoms with Crippen molar-refractivity contribution in [2.75, 3.05) is 18.6 Å². The summed E-state index contributed by atoms with van der Waals surface area (Å²) < 4.78 is 6.04. The first-order chi connectivity index (χ1) is 9.93. The number of nitrogens with zero attached hydrogens (tertiary/aromatic N) is 3. The second-order valence-electron chi connectivity index (χ2n) is 5.21. The van der Waals surface area contributed by atoms with Crippen LogP contribution in [-0.2, 0) is 16.1 Å². The van der Waals surface area contributed by atoms with Crippen molar-refractivity contribution in [3.8, 4) is 0 Å². The molecule has 2 heterocycles. The molecule has 21 heavy (non-hydrogen) atoms. The van der Waals surface area contributed by atoms with E-state index in [1.165, 1.54) is 7.11 Å². The van der Waals surface area contributed by atoms with E-state index in [-0.39, 0.29) is 24.2 Å². The van der Waals surface area contributed by atoms with Gasteiger partial charge in [0.2, 0.25) is 0 Å². The minimum Gasteiger partial charge on any atom is -0.468 e. The lowest BCUT2D eigenvalue weighted by molar-refractivity contribution is -0.141. The highest BCUT2D eigenvalue weighted by Gasteiger charge is 2.26. The lowest BCUT2D eigenvalue weighted by Crippen LogP contribution is -2.46. The maximum Gasteiger partial charge on any atom is 0.327 e. The van der Waals surface area contributed by atoms with Gasteiger partial charge in [-0.15, -0.1) is 0 Å². The number of anilines is 1. The van der Waals surface area contributed by atoms with Crippen molar-refractivity contribution in [1.29, 1.82) is 0 Å². The Morgan fingerprint density at radius 3 is 2.95 bits per heavy atom. The molecule has 2 rings (SSSR count). The van der Waals surface area contributed by atoms with Gasteiger partial charge in [0.1, 0.15) is 11.0 Å². The number of hydrogen-bond acceptors (Lipinski definition) is 6. The number of halogens is 1. The molecule has 1 aromatic heterocycles. The number of rotatable bonds is 3. The lowest BCUT2D eigenvalue weighted by atomic mass is 9.99. The molecule has 1 aliphatic rings. The lowest BCUT2D eigenvalue weighted by Gasteiger charge is -2.38. The number of methoxy groups -OCH3 is 1. The highest BCUT2D eigenvalue weighted by Crippen LogP contribution is 2.28. The maximum absolute atomic E-state index is 12.2. The highest BCUT2D eigenvalue weighted by atomic mass is 79.9. The Kier molecular flexibility index (Phi) is 5.00. The van der Waals surface area contributed by atoms with Crippen molar-refractivity contribution < 1.29 is 9.53 Å². The molecule has 0 aliphatic carbocycles. The molecule has 1 aliphatic heterocycles. The molecule has 0 spiro atoms. The van der Waals surface area contributed by atoms with E-state index in [4.69, 9.17) is 5.73 Å². The van der Waals surface area contributed by atoms with Crippen molar-refractivity contribution in [2.24, 2.45) is 5.73 Å². The van der Waals surface area contributed by atoms with Crippen molar-refractivity contribution in [3.05, 3.63) is 21.0 Å². The molecular weight excluding hydrogens is 340 g/mol. The summed E-state index contributed by atoms with van der Waals surface area (Å²) in [5.41, 5.74) is 6.35. The van der Waals surface area contributed by atoms with Gasteiger partial charge < -0.3 is 15.4 Å². The van der Waals surface area contributed by atoms with Crippen LogP contribution in [0, 0.1) is 0 Å². The normalized spacial score (nSPS) is 22.2. The van der Waals surface area contributed by atoms with Crippen LogP contribution in [0.5, 0.6) is 0 Å². The zero-order chi connectivity index (χ0) is 15.6. The van der Waals surface area contributed by atoms with Crippen molar-refractivity contribution in [1.82, 2.24) is 9.78 Å². The molecule has 0 saturated carbocycles. The van der Waals surface area contributed by atoms with E-state index < -0.39 is 5.97 Å². The SMILES string of the molecule is COC(=O)Cn1ncc(N2CCC(N)CC2C)c(Br)c1=O. The average Bonchev–Trinajstić information content (AvgIpc) is 2.45. The number of carbonyl (C=O) groups excluding carboxylic acids is 1. The number of esters is 1. The van der Waals surface area contributed by atoms with Gasteiger partial charge in [0.25, 0.3) is 5.56 Å². The zero-order valence-electron chi connectivity index (χ0n) is 12.1. The molecule has 116 valence electrons. The first-order valence-corrected chi connectivity index (χ1v) is 7.58. The van der Waals surface area contributed by atoms with Gasteiger partial charge >= 0.3 is 5.97 Å². The topological polar surface area (TPSA) is 90.5 Å². The van der Waals surface area contributed by atoms with E-state index in [0.717, 1.165) is 29.8 Å². The van der Waals surface area contributed by atoms with Gasteiger partial charge in [-0.2, -0.15) is 5.10 Å². The van der Waals surface area contributed by atoms with Gasteiger partial charge in [-0.25, -0.2) is 4.68 Å². The van der Waals surface area contributed by atoms with Crippen LogP contribution in [0.15, 0.2) is 15.5 Å². The predicted molar refractivity (Wildman–Crippen MR) is 82.2 cm³/mol. The third-order valence-corrected chi connectivity index (χ3v) is 4.44. The van der Waals surface area contributed by atoms with Crippen LogP contribution in [-0.4, -0.2) is 41.5 Å². The summed E-state index contributed by atoms with van der Waals surface area (Å²) in [6.07, 6.45) is 3.35. The predicted octanol–water partition coefficient (Wildman–Crippen LogP) is 0.495. The first-order valence-electron chi connectivity index (χ1n) is 6.78. The number of aromatic nitrogens is 2. The van der Waals surface area contributed by atoms with E-state index in [9.17, 15) is 9.59 Å². The van der Waals surface area contributed by atoms with Gasteiger partial charge in [-0.1, -0.05) is 0 Å². The molecule has 0 radical (unpaired) electrons. The third kappa shape index (κ3) is 3.44. The Morgan fingerprint density at radius 1 is 1.62 bits per heavy atom. The summed E-state index contributed by atoms with van der Waals surface area (Å²) in [4.78, 5) is 25.6. The summed E-state index contributed by atoms with van der Waals surface area (Å²) in [7, 11) is 1.27. The van der Waals surface area contributed by atoms with Crippen LogP contribution < -0.4 is 16.2 Å². The van der Waals surface area contributed by atoms with Crippen LogP contribution in [0.3, 0.4) is 0 Å². The van der Waals surface area contributed by atoms with Gasteiger partial charge in [0.15, 0.2) is 0 Å². The minimum absolute atomic E-state index is 0.197. The van der Waals surface area contributed by atoms with E-state index in [1.807, 2.05) is 0 Å². The Bertz CT molecular complexity index is 589. The third-order valence-electron chi connectivity index (χ3n) is 3.70. The summed E-state index contributed by atoms with van der Waals surface area (Å²) in [6.45, 7) is 2.66. The van der Waals surface area contributed by atoms with E-state index in [1.54, 1.807) is 6.20 Å². The molecule has 1 aromatic rings. The van der Waals surface area contributed by atoms with Crippen molar-refractivity contribution >= 4 is 27.6 Å². The Labute approximate surface area is 131 Å². The fraction of sp³-hybridized carbons (Fsp3) is 0.615. The van der Waals surface area contributed by atoms with Crippen LogP contribution in [0.1, 0.15) is 19.8 Å². The van der Waals surface area contributed by atoms with Crippen molar-refractivity contribution in [2.45, 2.75) is 38.4 Å². The molecule has 2 N–H and O–H groups in total. The second-order valence-corrected chi connectivity index (χ2v) is 6.00. The number of ether oxygens (including phenoxy) is 1. The number of carbonyl (C=O) groups is 1. The molecular formula is C13H19BrN4O3.